The summed E-state index contributed by atoms with van der Waals surface area (Å²) >= 11 is 0. The van der Waals surface area contributed by atoms with Crippen molar-refractivity contribution in [2.24, 2.45) is 0 Å². The molecule has 0 aliphatic rings. The predicted octanol–water partition coefficient (Wildman–Crippen LogP) is 14.2. The average molecular weight is 726 g/mol. The number of nitrogens with zero attached hydrogens (tertiary/aromatic N) is 3. The maximum atomic E-state index is 5.39. The van der Waals surface area contributed by atoms with Crippen LogP contribution in [0.2, 0.25) is 0 Å². The van der Waals surface area contributed by atoms with Crippen molar-refractivity contribution in [3.8, 4) is 61.7 Å². The third-order valence-corrected chi connectivity index (χ3v) is 11.2. The van der Waals surface area contributed by atoms with Crippen molar-refractivity contribution in [2.75, 3.05) is 0 Å². The van der Waals surface area contributed by atoms with Crippen LogP contribution in [0.1, 0.15) is 0 Å². The fourth-order valence-electron chi connectivity index (χ4n) is 8.66. The zero-order valence-electron chi connectivity index (χ0n) is 31.0. The number of hydrogen-bond acceptors (Lipinski definition) is 2. The van der Waals surface area contributed by atoms with Gasteiger partial charge in [0.15, 0.2) is 5.82 Å². The molecule has 0 spiro atoms. The van der Waals surface area contributed by atoms with Crippen molar-refractivity contribution in [2.45, 2.75) is 0 Å². The van der Waals surface area contributed by atoms with E-state index in [0.29, 0.717) is 5.82 Å². The lowest BCUT2D eigenvalue weighted by Crippen LogP contribution is -1.99. The van der Waals surface area contributed by atoms with Gasteiger partial charge in [-0.3, -0.25) is 0 Å². The van der Waals surface area contributed by atoms with Crippen LogP contribution >= 0.6 is 0 Å². The lowest BCUT2D eigenvalue weighted by molar-refractivity contribution is 1.15. The van der Waals surface area contributed by atoms with Crippen molar-refractivity contribution >= 4 is 43.5 Å². The molecule has 0 aliphatic heterocycles. The summed E-state index contributed by atoms with van der Waals surface area (Å²) in [6, 6.07) is 75.6. The monoisotopic (exact) mass is 725 g/mol. The SMILES string of the molecule is c1ccc(-c2c3ccccc3c(-c3cccc(-c4cccc(-c5nc(-c6ccccc6)c6c(n5)c5ccccc5n6-c5ccccc5)c4)c3)c3ccccc23)cc1. The van der Waals surface area contributed by atoms with Gasteiger partial charge in [-0.05, 0) is 85.3 Å². The second-order valence-corrected chi connectivity index (χ2v) is 14.5. The highest BCUT2D eigenvalue weighted by molar-refractivity contribution is 6.21. The summed E-state index contributed by atoms with van der Waals surface area (Å²) in [5.74, 6) is 0.698. The molecule has 0 atom stereocenters. The maximum Gasteiger partial charge on any atom is 0.160 e. The highest BCUT2D eigenvalue weighted by Gasteiger charge is 2.21. The highest BCUT2D eigenvalue weighted by Crippen LogP contribution is 2.44. The molecule has 266 valence electrons. The van der Waals surface area contributed by atoms with Crippen molar-refractivity contribution < 1.29 is 0 Å². The first-order chi connectivity index (χ1) is 28.3. The number of hydrogen-bond donors (Lipinski definition) is 0. The minimum Gasteiger partial charge on any atom is -0.306 e. The summed E-state index contributed by atoms with van der Waals surface area (Å²) < 4.78 is 2.30. The van der Waals surface area contributed by atoms with E-state index in [0.717, 1.165) is 55.6 Å². The van der Waals surface area contributed by atoms with Gasteiger partial charge >= 0.3 is 0 Å². The summed E-state index contributed by atoms with van der Waals surface area (Å²) in [5, 5.41) is 6.08. The molecule has 0 amide bonds. The molecule has 9 aromatic carbocycles. The van der Waals surface area contributed by atoms with Crippen LogP contribution in [0.3, 0.4) is 0 Å². The Labute approximate surface area is 330 Å². The minimum atomic E-state index is 0.698. The summed E-state index contributed by atoms with van der Waals surface area (Å²) in [5.41, 5.74) is 14.2. The van der Waals surface area contributed by atoms with Crippen molar-refractivity contribution in [3.63, 3.8) is 0 Å². The summed E-state index contributed by atoms with van der Waals surface area (Å²) in [6.45, 7) is 0. The molecule has 0 unspecified atom stereocenters. The molecule has 0 radical (unpaired) electrons. The Hall–Kier alpha value is -7.62. The highest BCUT2D eigenvalue weighted by atomic mass is 15.0. The lowest BCUT2D eigenvalue weighted by atomic mass is 9.85. The van der Waals surface area contributed by atoms with Gasteiger partial charge in [0.25, 0.3) is 0 Å². The Balaban J connectivity index is 1.09. The van der Waals surface area contributed by atoms with Gasteiger partial charge in [0.05, 0.1) is 16.7 Å². The molecular formula is C54H35N3. The number of benzene rings is 9. The van der Waals surface area contributed by atoms with Gasteiger partial charge in [-0.1, -0.05) is 182 Å². The van der Waals surface area contributed by atoms with Crippen LogP contribution in [0.25, 0.3) is 105 Å². The van der Waals surface area contributed by atoms with Gasteiger partial charge in [0.2, 0.25) is 0 Å². The Morgan fingerprint density at radius 1 is 0.316 bits per heavy atom. The van der Waals surface area contributed by atoms with Crippen LogP contribution in [-0.4, -0.2) is 14.5 Å². The second kappa shape index (κ2) is 13.6. The van der Waals surface area contributed by atoms with E-state index < -0.39 is 0 Å². The lowest BCUT2D eigenvalue weighted by Gasteiger charge is -2.18. The molecule has 0 saturated heterocycles. The van der Waals surface area contributed by atoms with Crippen LogP contribution in [0.4, 0.5) is 0 Å². The van der Waals surface area contributed by atoms with Gasteiger partial charge in [-0.15, -0.1) is 0 Å². The smallest absolute Gasteiger partial charge is 0.160 e. The summed E-state index contributed by atoms with van der Waals surface area (Å²) in [7, 11) is 0. The quantitative estimate of drug-likeness (QED) is 0.160. The number of aromatic nitrogens is 3. The predicted molar refractivity (Wildman–Crippen MR) is 239 cm³/mol. The fourth-order valence-corrected chi connectivity index (χ4v) is 8.66. The van der Waals surface area contributed by atoms with Crippen molar-refractivity contribution in [1.82, 2.24) is 14.5 Å². The van der Waals surface area contributed by atoms with E-state index in [1.165, 1.54) is 43.8 Å². The standard InChI is InChI=1S/C54H35N3/c1-4-18-36(19-5-1)49-43-28-10-12-30-45(43)50(46-31-13-11-29-44(46)49)40-24-16-22-38(34-40)39-23-17-25-41(35-39)54-55-51(37-20-6-2-7-21-37)53-52(56-54)47-32-14-15-33-48(47)57(53)42-26-8-3-9-27-42/h1-35H. The largest absolute Gasteiger partial charge is 0.306 e. The molecule has 11 rings (SSSR count). The molecule has 0 N–H and O–H groups in total. The van der Waals surface area contributed by atoms with Crippen LogP contribution in [0, 0.1) is 0 Å². The molecular weight excluding hydrogens is 691 g/mol. The molecule has 2 aromatic heterocycles. The molecule has 0 fully saturated rings. The van der Waals surface area contributed by atoms with E-state index in [9.17, 15) is 0 Å². The van der Waals surface area contributed by atoms with E-state index in [1.807, 2.05) is 0 Å². The van der Waals surface area contributed by atoms with E-state index >= 15 is 0 Å². The summed E-state index contributed by atoms with van der Waals surface area (Å²) in [4.78, 5) is 10.8. The normalized spacial score (nSPS) is 11.5. The Kier molecular flexibility index (Phi) is 7.82. The zero-order chi connectivity index (χ0) is 37.7. The number of fused-ring (bicyclic) bond motifs is 5. The second-order valence-electron chi connectivity index (χ2n) is 14.5. The first-order valence-electron chi connectivity index (χ1n) is 19.4. The topological polar surface area (TPSA) is 30.7 Å². The fraction of sp³-hybridized carbons (Fsp3) is 0. The maximum absolute atomic E-state index is 5.39. The molecule has 57 heavy (non-hydrogen) atoms. The van der Waals surface area contributed by atoms with Gasteiger partial charge < -0.3 is 4.57 Å². The van der Waals surface area contributed by atoms with Crippen LogP contribution < -0.4 is 0 Å². The Morgan fingerprint density at radius 3 is 1.37 bits per heavy atom. The Morgan fingerprint density at radius 2 is 0.754 bits per heavy atom. The van der Waals surface area contributed by atoms with E-state index in [-0.39, 0.29) is 0 Å². The molecule has 0 bridgehead atoms. The number of para-hydroxylation sites is 2. The molecule has 0 aliphatic carbocycles. The molecule has 11 aromatic rings. The van der Waals surface area contributed by atoms with E-state index in [1.54, 1.807) is 0 Å². The van der Waals surface area contributed by atoms with Gasteiger partial charge in [-0.2, -0.15) is 0 Å². The third kappa shape index (κ3) is 5.51. The zero-order valence-corrected chi connectivity index (χ0v) is 31.0. The van der Waals surface area contributed by atoms with E-state index in [4.69, 9.17) is 9.97 Å². The van der Waals surface area contributed by atoms with Crippen molar-refractivity contribution in [3.05, 3.63) is 212 Å². The van der Waals surface area contributed by atoms with E-state index in [2.05, 4.69) is 217 Å². The van der Waals surface area contributed by atoms with Crippen LogP contribution in [-0.2, 0) is 0 Å². The van der Waals surface area contributed by atoms with Gasteiger partial charge in [-0.25, -0.2) is 9.97 Å². The van der Waals surface area contributed by atoms with Gasteiger partial charge in [0, 0.05) is 22.2 Å². The first-order valence-corrected chi connectivity index (χ1v) is 19.4. The first kappa shape index (κ1) is 32.8. The number of rotatable bonds is 6. The van der Waals surface area contributed by atoms with Crippen LogP contribution in [0.15, 0.2) is 212 Å². The molecule has 0 saturated carbocycles. The molecule has 3 nitrogen and oxygen atoms in total. The molecule has 2 heterocycles. The van der Waals surface area contributed by atoms with Crippen molar-refractivity contribution in [1.29, 1.82) is 0 Å². The minimum absolute atomic E-state index is 0.698. The molecule has 3 heteroatoms. The average Bonchev–Trinajstić information content (AvgIpc) is 3.63. The van der Waals surface area contributed by atoms with Gasteiger partial charge in [0.1, 0.15) is 5.52 Å². The third-order valence-electron chi connectivity index (χ3n) is 11.2. The summed E-state index contributed by atoms with van der Waals surface area (Å²) in [6.07, 6.45) is 0. The van der Waals surface area contributed by atoms with Crippen LogP contribution in [0.5, 0.6) is 0 Å². The Bertz CT molecular complexity index is 3220.